The van der Waals surface area contributed by atoms with E-state index < -0.39 is 5.91 Å². The summed E-state index contributed by atoms with van der Waals surface area (Å²) in [6.07, 6.45) is 1.54. The Labute approximate surface area is 176 Å². The van der Waals surface area contributed by atoms with Gasteiger partial charge in [0.2, 0.25) is 11.8 Å². The number of carbonyl (C=O) groups excluding carboxylic acids is 2. The highest BCUT2D eigenvalue weighted by Crippen LogP contribution is 2.26. The van der Waals surface area contributed by atoms with Gasteiger partial charge in [-0.05, 0) is 53.3 Å². The van der Waals surface area contributed by atoms with Crippen molar-refractivity contribution in [2.75, 3.05) is 39.8 Å². The number of halogens is 2. The van der Waals surface area contributed by atoms with Gasteiger partial charge in [-0.25, -0.2) is 4.98 Å². The molecule has 2 aromatic rings. The number of pyridine rings is 1. The van der Waals surface area contributed by atoms with Crippen LogP contribution in [0.2, 0.25) is 5.02 Å². The van der Waals surface area contributed by atoms with E-state index in [-0.39, 0.29) is 23.9 Å². The first-order valence-electron chi connectivity index (χ1n) is 8.76. The third-order valence-corrected chi connectivity index (χ3v) is 5.03. The van der Waals surface area contributed by atoms with Gasteiger partial charge in [-0.2, -0.15) is 0 Å². The average Bonchev–Trinajstić information content (AvgIpc) is 2.69. The van der Waals surface area contributed by atoms with E-state index in [1.807, 2.05) is 7.05 Å². The molecule has 1 aliphatic rings. The number of benzene rings is 1. The Morgan fingerprint density at radius 3 is 2.57 bits per heavy atom. The van der Waals surface area contributed by atoms with Crippen molar-refractivity contribution in [1.82, 2.24) is 20.1 Å². The second-order valence-electron chi connectivity index (χ2n) is 6.43. The van der Waals surface area contributed by atoms with Crippen molar-refractivity contribution in [1.29, 1.82) is 0 Å². The van der Waals surface area contributed by atoms with Crippen LogP contribution in [0, 0.1) is 0 Å². The summed E-state index contributed by atoms with van der Waals surface area (Å²) in [5.41, 5.74) is 0.232. The highest BCUT2D eigenvalue weighted by atomic mass is 79.9. The molecule has 28 heavy (non-hydrogen) atoms. The van der Waals surface area contributed by atoms with Crippen molar-refractivity contribution >= 4 is 39.3 Å². The molecule has 3 rings (SSSR count). The molecular formula is C19H20BrClN4O3. The van der Waals surface area contributed by atoms with Gasteiger partial charge >= 0.3 is 0 Å². The van der Waals surface area contributed by atoms with Gasteiger partial charge in [-0.1, -0.05) is 11.6 Å². The Morgan fingerprint density at radius 2 is 1.89 bits per heavy atom. The summed E-state index contributed by atoms with van der Waals surface area (Å²) < 4.78 is 6.35. The number of nitrogens with one attached hydrogen (secondary N) is 1. The van der Waals surface area contributed by atoms with Crippen LogP contribution in [0.25, 0.3) is 0 Å². The van der Waals surface area contributed by atoms with Gasteiger partial charge in [0.15, 0.2) is 0 Å². The number of hydrogen-bond acceptors (Lipinski definition) is 5. The number of nitrogens with zero attached hydrogens (tertiary/aromatic N) is 3. The van der Waals surface area contributed by atoms with E-state index in [2.05, 4.69) is 31.1 Å². The molecule has 1 aromatic carbocycles. The van der Waals surface area contributed by atoms with E-state index in [0.29, 0.717) is 28.3 Å². The molecule has 0 aliphatic carbocycles. The first-order valence-corrected chi connectivity index (χ1v) is 9.93. The number of rotatable bonds is 5. The van der Waals surface area contributed by atoms with Crippen LogP contribution in [0.1, 0.15) is 10.4 Å². The summed E-state index contributed by atoms with van der Waals surface area (Å²) in [5.74, 6) is 0.113. The summed E-state index contributed by atoms with van der Waals surface area (Å²) >= 11 is 9.19. The highest BCUT2D eigenvalue weighted by Gasteiger charge is 2.21. The summed E-state index contributed by atoms with van der Waals surface area (Å²) in [4.78, 5) is 33.1. The average molecular weight is 468 g/mol. The minimum Gasteiger partial charge on any atom is -0.438 e. The monoisotopic (exact) mass is 466 g/mol. The van der Waals surface area contributed by atoms with Crippen LogP contribution in [0.4, 0.5) is 0 Å². The van der Waals surface area contributed by atoms with E-state index in [1.165, 1.54) is 6.20 Å². The molecule has 0 bridgehead atoms. The molecule has 0 spiro atoms. The second-order valence-corrected chi connectivity index (χ2v) is 7.78. The summed E-state index contributed by atoms with van der Waals surface area (Å²) in [5, 5.41) is 3.24. The maximum atomic E-state index is 12.6. The predicted molar refractivity (Wildman–Crippen MR) is 110 cm³/mol. The van der Waals surface area contributed by atoms with Gasteiger partial charge in [-0.3, -0.25) is 9.59 Å². The quantitative estimate of drug-likeness (QED) is 0.732. The SMILES string of the molecule is CN1CCN(C(=O)CNC(=O)c2cc(Br)cnc2Oc2ccc(Cl)cc2)CC1. The van der Waals surface area contributed by atoms with Crippen LogP contribution in [0.5, 0.6) is 11.6 Å². The number of ether oxygens (including phenoxy) is 1. The second kappa shape index (κ2) is 9.36. The normalized spacial score (nSPS) is 14.6. The number of aromatic nitrogens is 1. The van der Waals surface area contributed by atoms with Gasteiger partial charge in [0, 0.05) is 41.9 Å². The zero-order valence-electron chi connectivity index (χ0n) is 15.3. The Bertz CT molecular complexity index is 855. The van der Waals surface area contributed by atoms with E-state index in [4.69, 9.17) is 16.3 Å². The van der Waals surface area contributed by atoms with Crippen LogP contribution in [-0.4, -0.2) is 66.4 Å². The number of hydrogen-bond donors (Lipinski definition) is 1. The van der Waals surface area contributed by atoms with Crippen LogP contribution >= 0.6 is 27.5 Å². The fourth-order valence-corrected chi connectivity index (χ4v) is 3.16. The predicted octanol–water partition coefficient (Wildman–Crippen LogP) is 2.79. The van der Waals surface area contributed by atoms with E-state index in [1.54, 1.807) is 35.2 Å². The Kier molecular flexibility index (Phi) is 6.88. The molecule has 1 saturated heterocycles. The lowest BCUT2D eigenvalue weighted by atomic mass is 10.2. The minimum atomic E-state index is -0.430. The summed E-state index contributed by atoms with van der Waals surface area (Å²) in [6, 6.07) is 8.34. The molecule has 0 radical (unpaired) electrons. The fraction of sp³-hybridized carbons (Fsp3) is 0.316. The van der Waals surface area contributed by atoms with Crippen LogP contribution in [0.3, 0.4) is 0 Å². The molecule has 9 heteroatoms. The molecule has 1 aliphatic heterocycles. The number of carbonyl (C=O) groups is 2. The molecule has 2 amide bonds. The fourth-order valence-electron chi connectivity index (χ4n) is 2.70. The van der Waals surface area contributed by atoms with Crippen molar-refractivity contribution in [3.05, 3.63) is 51.6 Å². The highest BCUT2D eigenvalue weighted by molar-refractivity contribution is 9.10. The molecule has 1 fully saturated rings. The maximum absolute atomic E-state index is 12.6. The largest absolute Gasteiger partial charge is 0.438 e. The first kappa shape index (κ1) is 20.6. The van der Waals surface area contributed by atoms with Crippen LogP contribution in [0.15, 0.2) is 41.0 Å². The summed E-state index contributed by atoms with van der Waals surface area (Å²) in [6.45, 7) is 2.90. The lowest BCUT2D eigenvalue weighted by molar-refractivity contribution is -0.131. The maximum Gasteiger partial charge on any atom is 0.257 e. The molecular weight excluding hydrogens is 448 g/mol. The van der Waals surface area contributed by atoms with E-state index in [0.717, 1.165) is 13.1 Å². The summed E-state index contributed by atoms with van der Waals surface area (Å²) in [7, 11) is 2.02. The van der Waals surface area contributed by atoms with Gasteiger partial charge in [0.1, 0.15) is 11.3 Å². The Morgan fingerprint density at radius 1 is 1.21 bits per heavy atom. The molecule has 1 aromatic heterocycles. The first-order chi connectivity index (χ1) is 13.4. The van der Waals surface area contributed by atoms with Gasteiger partial charge in [0.05, 0.1) is 6.54 Å². The van der Waals surface area contributed by atoms with Gasteiger partial charge in [0.25, 0.3) is 5.91 Å². The van der Waals surface area contributed by atoms with E-state index >= 15 is 0 Å². The number of amides is 2. The molecule has 148 valence electrons. The van der Waals surface area contributed by atoms with Crippen molar-refractivity contribution < 1.29 is 14.3 Å². The van der Waals surface area contributed by atoms with Crippen molar-refractivity contribution in [3.63, 3.8) is 0 Å². The van der Waals surface area contributed by atoms with Crippen LogP contribution in [-0.2, 0) is 4.79 Å². The Hall–Kier alpha value is -2.16. The molecule has 7 nitrogen and oxygen atoms in total. The number of likely N-dealkylation sites (N-methyl/N-ethyl adjacent to an activating group) is 1. The van der Waals surface area contributed by atoms with Crippen LogP contribution < -0.4 is 10.1 Å². The standard InChI is InChI=1S/C19H20BrClN4O3/c1-24-6-8-25(9-7-24)17(26)12-22-18(27)16-10-13(20)11-23-19(16)28-15-4-2-14(21)3-5-15/h2-5,10-11H,6-9,12H2,1H3,(H,22,27). The third-order valence-electron chi connectivity index (χ3n) is 4.35. The smallest absolute Gasteiger partial charge is 0.257 e. The third kappa shape index (κ3) is 5.43. The molecule has 2 heterocycles. The molecule has 0 saturated carbocycles. The van der Waals surface area contributed by atoms with Gasteiger partial charge in [-0.15, -0.1) is 0 Å². The topological polar surface area (TPSA) is 74.8 Å². The zero-order valence-corrected chi connectivity index (χ0v) is 17.7. The minimum absolute atomic E-state index is 0.0740. The van der Waals surface area contributed by atoms with Gasteiger partial charge < -0.3 is 19.9 Å². The lowest BCUT2D eigenvalue weighted by Crippen LogP contribution is -2.50. The molecule has 0 atom stereocenters. The lowest BCUT2D eigenvalue weighted by Gasteiger charge is -2.32. The Balaban J connectivity index is 1.66. The van der Waals surface area contributed by atoms with Crippen molar-refractivity contribution in [3.8, 4) is 11.6 Å². The zero-order chi connectivity index (χ0) is 20.1. The molecule has 0 unspecified atom stereocenters. The van der Waals surface area contributed by atoms with Crippen molar-refractivity contribution in [2.24, 2.45) is 0 Å². The van der Waals surface area contributed by atoms with E-state index in [9.17, 15) is 9.59 Å². The number of piperazine rings is 1. The van der Waals surface area contributed by atoms with Crippen molar-refractivity contribution in [2.45, 2.75) is 0 Å². The molecule has 1 N–H and O–H groups in total.